The van der Waals surface area contributed by atoms with Crippen LogP contribution in [0, 0.1) is 24.7 Å². The summed E-state index contributed by atoms with van der Waals surface area (Å²) >= 11 is 0. The van der Waals surface area contributed by atoms with Crippen LogP contribution in [0.3, 0.4) is 0 Å². The number of hydrogen-bond donors (Lipinski definition) is 1. The maximum Gasteiger partial charge on any atom is 0.258 e. The van der Waals surface area contributed by atoms with E-state index in [1.165, 1.54) is 31.2 Å². The Balaban J connectivity index is 1.56. The van der Waals surface area contributed by atoms with Crippen molar-refractivity contribution >= 4 is 5.91 Å². The number of aryl methyl sites for hydroxylation is 1. The van der Waals surface area contributed by atoms with Gasteiger partial charge in [-0.15, -0.1) is 0 Å². The minimum atomic E-state index is -0.00575. The van der Waals surface area contributed by atoms with Crippen molar-refractivity contribution in [3.63, 3.8) is 0 Å². The van der Waals surface area contributed by atoms with Gasteiger partial charge in [-0.05, 0) is 67.9 Å². The van der Waals surface area contributed by atoms with Crippen LogP contribution in [-0.2, 0) is 10.2 Å². The molecule has 3 nitrogen and oxygen atoms in total. The Morgan fingerprint density at radius 1 is 1.28 bits per heavy atom. The van der Waals surface area contributed by atoms with E-state index in [-0.39, 0.29) is 24.0 Å². The highest BCUT2D eigenvalue weighted by Gasteiger charge is 2.42. The Hall–Kier alpha value is -1.51. The normalized spacial score (nSPS) is 26.5. The van der Waals surface area contributed by atoms with Gasteiger partial charge in [0.15, 0.2) is 6.61 Å². The van der Waals surface area contributed by atoms with Gasteiger partial charge in [0, 0.05) is 6.04 Å². The van der Waals surface area contributed by atoms with E-state index in [0.717, 1.165) is 23.1 Å². The summed E-state index contributed by atoms with van der Waals surface area (Å²) in [7, 11) is 0. The number of carbonyl (C=O) groups is 1. The van der Waals surface area contributed by atoms with Crippen LogP contribution in [0.1, 0.15) is 64.5 Å². The molecule has 1 N–H and O–H groups in total. The minimum Gasteiger partial charge on any atom is -0.483 e. The summed E-state index contributed by atoms with van der Waals surface area (Å²) in [5, 5.41) is 3.18. The third kappa shape index (κ3) is 4.19. The fraction of sp³-hybridized carbons (Fsp3) is 0.682. The summed E-state index contributed by atoms with van der Waals surface area (Å²) in [5.41, 5.74) is 2.36. The second-order valence-corrected chi connectivity index (χ2v) is 9.23. The van der Waals surface area contributed by atoms with E-state index < -0.39 is 0 Å². The minimum absolute atomic E-state index is 0.00397. The van der Waals surface area contributed by atoms with E-state index in [1.54, 1.807) is 0 Å². The molecule has 0 heterocycles. The quantitative estimate of drug-likeness (QED) is 0.847. The van der Waals surface area contributed by atoms with Crippen LogP contribution in [0.4, 0.5) is 0 Å². The molecule has 3 heteroatoms. The third-order valence-electron chi connectivity index (χ3n) is 6.13. The van der Waals surface area contributed by atoms with Gasteiger partial charge in [-0.1, -0.05) is 44.9 Å². The molecule has 2 bridgehead atoms. The molecule has 2 aliphatic carbocycles. The molecule has 3 rings (SSSR count). The number of amides is 1. The van der Waals surface area contributed by atoms with Gasteiger partial charge in [-0.2, -0.15) is 0 Å². The highest BCUT2D eigenvalue weighted by atomic mass is 16.5. The van der Waals surface area contributed by atoms with Crippen molar-refractivity contribution in [3.8, 4) is 5.75 Å². The summed E-state index contributed by atoms with van der Waals surface area (Å²) in [4.78, 5) is 12.4. The van der Waals surface area contributed by atoms with Gasteiger partial charge in [-0.25, -0.2) is 0 Å². The first kappa shape index (κ1) is 18.3. The van der Waals surface area contributed by atoms with Crippen LogP contribution in [-0.4, -0.2) is 18.6 Å². The van der Waals surface area contributed by atoms with Crippen molar-refractivity contribution in [1.82, 2.24) is 5.32 Å². The molecule has 0 aliphatic heterocycles. The predicted molar refractivity (Wildman–Crippen MR) is 102 cm³/mol. The van der Waals surface area contributed by atoms with Crippen molar-refractivity contribution in [2.45, 2.75) is 71.8 Å². The molecule has 25 heavy (non-hydrogen) atoms. The summed E-state index contributed by atoms with van der Waals surface area (Å²) in [6, 6.07) is 6.44. The maximum absolute atomic E-state index is 12.4. The molecule has 2 fully saturated rings. The average Bonchev–Trinajstić information content (AvgIpc) is 3.15. The van der Waals surface area contributed by atoms with Crippen LogP contribution in [0.2, 0.25) is 0 Å². The Kier molecular flexibility index (Phi) is 5.13. The molecule has 0 unspecified atom stereocenters. The molecular formula is C22H33NO2. The van der Waals surface area contributed by atoms with Crippen LogP contribution >= 0.6 is 0 Å². The molecule has 4 atom stereocenters. The van der Waals surface area contributed by atoms with Crippen molar-refractivity contribution < 1.29 is 9.53 Å². The fourth-order valence-corrected chi connectivity index (χ4v) is 4.81. The van der Waals surface area contributed by atoms with Crippen molar-refractivity contribution in [2.24, 2.45) is 17.8 Å². The second kappa shape index (κ2) is 7.01. The largest absolute Gasteiger partial charge is 0.483 e. The number of fused-ring (bicyclic) bond motifs is 2. The molecule has 0 saturated heterocycles. The monoisotopic (exact) mass is 343 g/mol. The number of ether oxygens (including phenoxy) is 1. The number of hydrogen-bond acceptors (Lipinski definition) is 2. The Labute approximate surface area is 152 Å². The van der Waals surface area contributed by atoms with Crippen molar-refractivity contribution in [2.75, 3.05) is 6.61 Å². The summed E-state index contributed by atoms with van der Waals surface area (Å²) < 4.78 is 5.89. The number of nitrogens with one attached hydrogen (secondary N) is 1. The molecule has 0 spiro atoms. The van der Waals surface area contributed by atoms with E-state index in [4.69, 9.17) is 4.74 Å². The van der Waals surface area contributed by atoms with E-state index in [9.17, 15) is 4.79 Å². The zero-order valence-electron chi connectivity index (χ0n) is 16.4. The van der Waals surface area contributed by atoms with Crippen LogP contribution < -0.4 is 10.1 Å². The summed E-state index contributed by atoms with van der Waals surface area (Å²) in [6.45, 7) is 10.9. The van der Waals surface area contributed by atoms with E-state index in [1.807, 2.05) is 12.1 Å². The van der Waals surface area contributed by atoms with Gasteiger partial charge in [-0.3, -0.25) is 4.79 Å². The Morgan fingerprint density at radius 3 is 2.64 bits per heavy atom. The highest BCUT2D eigenvalue weighted by molar-refractivity contribution is 5.77. The lowest BCUT2D eigenvalue weighted by atomic mass is 9.84. The van der Waals surface area contributed by atoms with Crippen LogP contribution in [0.15, 0.2) is 18.2 Å². The predicted octanol–water partition coefficient (Wildman–Crippen LogP) is 4.61. The van der Waals surface area contributed by atoms with Crippen molar-refractivity contribution in [1.29, 1.82) is 0 Å². The highest BCUT2D eigenvalue weighted by Crippen LogP contribution is 2.49. The lowest BCUT2D eigenvalue weighted by Crippen LogP contribution is -2.42. The number of carbonyl (C=O) groups excluding carboxylic acids is 1. The SMILES string of the molecule is Cc1ccc(OCC(=O)N[C@H](C)[C@@H]2C[C@@H]3CC[C@@H]2C3)c(C(C)(C)C)c1. The van der Waals surface area contributed by atoms with Crippen molar-refractivity contribution in [3.05, 3.63) is 29.3 Å². The van der Waals surface area contributed by atoms with Crippen LogP contribution in [0.25, 0.3) is 0 Å². The first-order valence-electron chi connectivity index (χ1n) is 9.77. The smallest absolute Gasteiger partial charge is 0.258 e. The fourth-order valence-electron chi connectivity index (χ4n) is 4.81. The van der Waals surface area contributed by atoms with Crippen LogP contribution in [0.5, 0.6) is 5.75 Å². The average molecular weight is 344 g/mol. The maximum atomic E-state index is 12.4. The van der Waals surface area contributed by atoms with E-state index in [2.05, 4.69) is 46.0 Å². The van der Waals surface area contributed by atoms with E-state index >= 15 is 0 Å². The Bertz CT molecular complexity index is 631. The molecule has 1 aromatic carbocycles. The summed E-state index contributed by atoms with van der Waals surface area (Å²) in [6.07, 6.45) is 5.41. The van der Waals surface area contributed by atoms with Gasteiger partial charge in [0.2, 0.25) is 0 Å². The number of rotatable bonds is 5. The standard InChI is InChI=1S/C22H33NO2/c1-14-6-9-20(19(10-14)22(3,4)5)25-13-21(24)23-15(2)18-12-16-7-8-17(18)11-16/h6,9-10,15-18H,7-8,11-13H2,1-5H3,(H,23,24)/t15-,16-,17-,18+/m1/s1. The lowest BCUT2D eigenvalue weighted by Gasteiger charge is -2.28. The zero-order valence-corrected chi connectivity index (χ0v) is 16.4. The molecule has 1 amide bonds. The van der Waals surface area contributed by atoms with Gasteiger partial charge < -0.3 is 10.1 Å². The van der Waals surface area contributed by atoms with Gasteiger partial charge >= 0.3 is 0 Å². The number of benzene rings is 1. The lowest BCUT2D eigenvalue weighted by molar-refractivity contribution is -0.124. The third-order valence-corrected chi connectivity index (χ3v) is 6.13. The molecule has 2 aliphatic rings. The molecule has 1 aromatic rings. The molecule has 2 saturated carbocycles. The van der Waals surface area contributed by atoms with Gasteiger partial charge in [0.25, 0.3) is 5.91 Å². The first-order chi connectivity index (χ1) is 11.7. The molecule has 0 aromatic heterocycles. The summed E-state index contributed by atoms with van der Waals surface area (Å²) in [5.74, 6) is 3.21. The molecule has 138 valence electrons. The van der Waals surface area contributed by atoms with E-state index in [0.29, 0.717) is 5.92 Å². The first-order valence-corrected chi connectivity index (χ1v) is 9.77. The van der Waals surface area contributed by atoms with Gasteiger partial charge in [0.05, 0.1) is 0 Å². The molecule has 0 radical (unpaired) electrons. The Morgan fingerprint density at radius 2 is 2.04 bits per heavy atom. The second-order valence-electron chi connectivity index (χ2n) is 9.23. The molecular weight excluding hydrogens is 310 g/mol. The zero-order chi connectivity index (χ0) is 18.2. The topological polar surface area (TPSA) is 38.3 Å². The van der Waals surface area contributed by atoms with Gasteiger partial charge in [0.1, 0.15) is 5.75 Å².